The quantitative estimate of drug-likeness (QED) is 0.452. The summed E-state index contributed by atoms with van der Waals surface area (Å²) in [6.45, 7) is 7.75. The fourth-order valence-electron chi connectivity index (χ4n) is 3.81. The molecule has 1 aromatic carbocycles. The Bertz CT molecular complexity index is 729. The van der Waals surface area contributed by atoms with Crippen LogP contribution in [0, 0.1) is 11.3 Å². The van der Waals surface area contributed by atoms with Gasteiger partial charge in [-0.15, -0.1) is 12.6 Å². The summed E-state index contributed by atoms with van der Waals surface area (Å²) >= 11 is 8.35. The van der Waals surface area contributed by atoms with Crippen molar-refractivity contribution in [1.29, 1.82) is 0 Å². The van der Waals surface area contributed by atoms with Gasteiger partial charge in [-0.2, -0.15) is 0 Å². The molecule has 1 saturated carbocycles. The molecule has 0 aliphatic heterocycles. The van der Waals surface area contributed by atoms with E-state index in [0.717, 1.165) is 41.2 Å². The van der Waals surface area contributed by atoms with Crippen LogP contribution in [0.3, 0.4) is 0 Å². The second kappa shape index (κ2) is 6.69. The molecule has 1 unspecified atom stereocenters. The zero-order chi connectivity index (χ0) is 17.5. The van der Waals surface area contributed by atoms with Crippen LogP contribution in [0.1, 0.15) is 58.4 Å². The van der Waals surface area contributed by atoms with Gasteiger partial charge in [0.15, 0.2) is 0 Å². The van der Waals surface area contributed by atoms with Gasteiger partial charge >= 0.3 is 0 Å². The summed E-state index contributed by atoms with van der Waals surface area (Å²) in [5, 5.41) is 12.4. The molecule has 24 heavy (non-hydrogen) atoms. The van der Waals surface area contributed by atoms with E-state index in [2.05, 4.69) is 65.7 Å². The summed E-state index contributed by atoms with van der Waals surface area (Å²) in [6.07, 6.45) is 7.76. The van der Waals surface area contributed by atoms with Gasteiger partial charge in [-0.1, -0.05) is 55.6 Å². The third-order valence-electron chi connectivity index (χ3n) is 5.72. The summed E-state index contributed by atoms with van der Waals surface area (Å²) in [5.74, 6) is 0.239. The molecular weight excluding hydrogens is 382 g/mol. The van der Waals surface area contributed by atoms with E-state index < -0.39 is 4.93 Å². The second-order valence-electron chi connectivity index (χ2n) is 8.06. The fraction of sp³-hybridized carbons (Fsp3) is 0.600. The zero-order valence-electron chi connectivity index (χ0n) is 14.8. The highest BCUT2D eigenvalue weighted by atomic mass is 79.9. The van der Waals surface area contributed by atoms with Crippen molar-refractivity contribution in [3.05, 3.63) is 34.4 Å². The Morgan fingerprint density at radius 1 is 1.29 bits per heavy atom. The van der Waals surface area contributed by atoms with Crippen LogP contribution in [0.15, 0.2) is 28.9 Å². The number of fused-ring (bicyclic) bond motifs is 1. The second-order valence-corrected chi connectivity index (χ2v) is 9.65. The number of hydrogen-bond acceptors (Lipinski definition) is 2. The van der Waals surface area contributed by atoms with E-state index in [-0.39, 0.29) is 11.3 Å². The highest BCUT2D eigenvalue weighted by Crippen LogP contribution is 2.46. The van der Waals surface area contributed by atoms with E-state index in [4.69, 9.17) is 12.6 Å². The number of rotatable bonds is 5. The minimum absolute atomic E-state index is 0.216. The van der Waals surface area contributed by atoms with Gasteiger partial charge in [0.25, 0.3) is 0 Å². The molecule has 1 heterocycles. The van der Waals surface area contributed by atoms with Crippen molar-refractivity contribution in [3.8, 4) is 0 Å². The largest absolute Gasteiger partial charge is 0.375 e. The van der Waals surface area contributed by atoms with Gasteiger partial charge in [-0.3, -0.25) is 0 Å². The highest BCUT2D eigenvalue weighted by Gasteiger charge is 2.39. The first-order valence-electron chi connectivity index (χ1n) is 8.98. The molecule has 2 aromatic rings. The topological polar surface area (TPSA) is 25.2 Å². The number of aromatic nitrogens is 1. The monoisotopic (exact) mass is 409 g/mol. The molecule has 1 N–H and O–H groups in total. The number of thiol groups is 1. The molecule has 1 aromatic heterocycles. The Labute approximate surface area is 159 Å². The molecule has 0 bridgehead atoms. The number of aliphatic hydroxyl groups is 1. The lowest BCUT2D eigenvalue weighted by Gasteiger charge is -2.29. The maximum absolute atomic E-state index is 11.3. The van der Waals surface area contributed by atoms with Crippen molar-refractivity contribution in [1.82, 2.24) is 4.57 Å². The first kappa shape index (κ1) is 18.3. The van der Waals surface area contributed by atoms with Gasteiger partial charge < -0.3 is 9.67 Å². The van der Waals surface area contributed by atoms with Crippen molar-refractivity contribution in [2.45, 2.75) is 64.4 Å². The molecule has 132 valence electrons. The predicted octanol–water partition coefficient (Wildman–Crippen LogP) is 6.11. The van der Waals surface area contributed by atoms with Gasteiger partial charge in [0.2, 0.25) is 0 Å². The minimum Gasteiger partial charge on any atom is -0.375 e. The van der Waals surface area contributed by atoms with Crippen molar-refractivity contribution in [3.63, 3.8) is 0 Å². The third-order valence-corrected chi connectivity index (χ3v) is 6.82. The van der Waals surface area contributed by atoms with E-state index in [0.29, 0.717) is 0 Å². The molecule has 1 aliphatic rings. The maximum Gasteiger partial charge on any atom is 0.138 e. The van der Waals surface area contributed by atoms with Crippen LogP contribution in [0.5, 0.6) is 0 Å². The summed E-state index contributed by atoms with van der Waals surface area (Å²) in [4.78, 5) is -1.05. The Hall–Kier alpha value is -0.450. The first-order valence-corrected chi connectivity index (χ1v) is 10.2. The van der Waals surface area contributed by atoms with Crippen molar-refractivity contribution < 1.29 is 5.11 Å². The van der Waals surface area contributed by atoms with Gasteiger partial charge in [-0.05, 0) is 36.8 Å². The number of halogens is 1. The summed E-state index contributed by atoms with van der Waals surface area (Å²) in [7, 11) is 0. The smallest absolute Gasteiger partial charge is 0.138 e. The Morgan fingerprint density at radius 2 is 1.96 bits per heavy atom. The summed E-state index contributed by atoms with van der Waals surface area (Å²) < 4.78 is 3.37. The highest BCUT2D eigenvalue weighted by molar-refractivity contribution is 9.10. The van der Waals surface area contributed by atoms with E-state index in [1.807, 2.05) is 0 Å². The van der Waals surface area contributed by atoms with Gasteiger partial charge in [0.1, 0.15) is 4.93 Å². The molecule has 2 nitrogen and oxygen atoms in total. The van der Waals surface area contributed by atoms with Gasteiger partial charge in [-0.25, -0.2) is 0 Å². The number of hydrogen-bond donors (Lipinski definition) is 2. The maximum atomic E-state index is 11.3. The lowest BCUT2D eigenvalue weighted by atomic mass is 9.90. The van der Waals surface area contributed by atoms with E-state index in [1.165, 1.54) is 18.4 Å². The molecule has 0 amide bonds. The van der Waals surface area contributed by atoms with Crippen LogP contribution >= 0.6 is 28.6 Å². The molecule has 1 atom stereocenters. The van der Waals surface area contributed by atoms with E-state index >= 15 is 0 Å². The number of nitrogens with zero attached hydrogens (tertiary/aromatic N) is 1. The lowest BCUT2D eigenvalue weighted by Crippen LogP contribution is -2.27. The molecule has 1 aliphatic carbocycles. The molecule has 1 fully saturated rings. The molecule has 4 heteroatoms. The molecule has 0 saturated heterocycles. The van der Waals surface area contributed by atoms with Crippen LogP contribution in [-0.2, 0) is 11.5 Å². The Kier molecular flexibility index (Phi) is 5.12. The van der Waals surface area contributed by atoms with E-state index in [1.54, 1.807) is 0 Å². The average molecular weight is 410 g/mol. The Morgan fingerprint density at radius 3 is 2.58 bits per heavy atom. The third kappa shape index (κ3) is 3.42. The Balaban J connectivity index is 2.11. The van der Waals surface area contributed by atoms with Crippen LogP contribution < -0.4 is 0 Å². The molecule has 3 rings (SSSR count). The SMILES string of the molecule is CCC(C)(C)Cn1cc(C(O)(S)C2CCCC2)c2ccc(Br)cc21. The predicted molar refractivity (Wildman–Crippen MR) is 109 cm³/mol. The standard InChI is InChI=1S/C20H28BrNOS/c1-4-19(2,3)13-22-12-17(16-10-9-15(21)11-18(16)22)20(23,24)14-7-5-6-8-14/h9-12,14,23-24H,4-8,13H2,1-3H3. The van der Waals surface area contributed by atoms with Gasteiger partial charge in [0.05, 0.1) is 0 Å². The van der Waals surface area contributed by atoms with Crippen molar-refractivity contribution >= 4 is 39.5 Å². The molecule has 0 spiro atoms. The molecular formula is C20H28BrNOS. The van der Waals surface area contributed by atoms with Crippen molar-refractivity contribution in [2.75, 3.05) is 0 Å². The van der Waals surface area contributed by atoms with Crippen molar-refractivity contribution in [2.24, 2.45) is 11.3 Å². The van der Waals surface area contributed by atoms with Gasteiger partial charge in [0, 0.05) is 39.6 Å². The minimum atomic E-state index is -1.05. The van der Waals surface area contributed by atoms with Crippen LogP contribution in [0.2, 0.25) is 0 Å². The first-order chi connectivity index (χ1) is 11.2. The zero-order valence-corrected chi connectivity index (χ0v) is 17.3. The molecule has 0 radical (unpaired) electrons. The summed E-state index contributed by atoms with van der Waals surface area (Å²) in [6, 6.07) is 6.32. The van der Waals surface area contributed by atoms with Crippen LogP contribution in [0.4, 0.5) is 0 Å². The fourth-order valence-corrected chi connectivity index (χ4v) is 4.60. The summed E-state index contributed by atoms with van der Waals surface area (Å²) in [5.41, 5.74) is 2.35. The average Bonchev–Trinajstić information content (AvgIpc) is 3.16. The van der Waals surface area contributed by atoms with Crippen LogP contribution in [0.25, 0.3) is 10.9 Å². The lowest BCUT2D eigenvalue weighted by molar-refractivity contribution is 0.0757. The van der Waals surface area contributed by atoms with E-state index in [9.17, 15) is 5.11 Å². The normalized spacial score (nSPS) is 19.1. The van der Waals surface area contributed by atoms with Crippen LogP contribution in [-0.4, -0.2) is 9.67 Å². The number of benzene rings is 1.